The van der Waals surface area contributed by atoms with Gasteiger partial charge in [-0.1, -0.05) is 12.8 Å². The second-order valence-electron chi connectivity index (χ2n) is 10.2. The van der Waals surface area contributed by atoms with Gasteiger partial charge in [-0.3, -0.25) is 9.59 Å². The Morgan fingerprint density at radius 1 is 1.00 bits per heavy atom. The number of hydrogen-bond acceptors (Lipinski definition) is 4. The van der Waals surface area contributed by atoms with Gasteiger partial charge >= 0.3 is 6.97 Å². The van der Waals surface area contributed by atoms with E-state index in [1.807, 2.05) is 6.92 Å². The summed E-state index contributed by atoms with van der Waals surface area (Å²) in [4.78, 5) is 24.5. The fourth-order valence-electron chi connectivity index (χ4n) is 5.16. The summed E-state index contributed by atoms with van der Waals surface area (Å²) in [5, 5.41) is 10.7. The predicted molar refractivity (Wildman–Crippen MR) is 151 cm³/mol. The molecule has 4 rings (SSSR count). The molecule has 13 heteroatoms. The summed E-state index contributed by atoms with van der Waals surface area (Å²) in [6.07, 6.45) is 8.68. The van der Waals surface area contributed by atoms with Crippen molar-refractivity contribution in [2.45, 2.75) is 57.3 Å². The molecule has 40 heavy (non-hydrogen) atoms. The van der Waals surface area contributed by atoms with Crippen LogP contribution in [0.3, 0.4) is 0 Å². The molecule has 0 unspecified atom stereocenters. The van der Waals surface area contributed by atoms with Crippen LogP contribution in [0.5, 0.6) is 0 Å². The largest absolute Gasteiger partial charge is 0.737 e. The minimum Gasteiger partial charge on any atom is -0.394 e. The molecule has 2 aliphatic rings. The molecule has 0 saturated heterocycles. The Hall–Kier alpha value is -3.58. The summed E-state index contributed by atoms with van der Waals surface area (Å²) in [5.41, 5.74) is 3.08. The molecule has 214 valence electrons. The first-order chi connectivity index (χ1) is 18.9. The van der Waals surface area contributed by atoms with E-state index in [0.29, 0.717) is 41.4 Å². The molecule has 3 heterocycles. The summed E-state index contributed by atoms with van der Waals surface area (Å²) in [7, 11) is -3.80. The third kappa shape index (κ3) is 6.42. The lowest BCUT2D eigenvalue weighted by Gasteiger charge is -2.30. The molecule has 2 aliphatic heterocycles. The molecule has 0 radical (unpaired) electrons. The summed E-state index contributed by atoms with van der Waals surface area (Å²) >= 11 is 0. The Morgan fingerprint density at radius 3 is 2.30 bits per heavy atom. The van der Waals surface area contributed by atoms with Gasteiger partial charge in [-0.15, -0.1) is 0 Å². The second kappa shape index (κ2) is 11.9. The van der Waals surface area contributed by atoms with Crippen LogP contribution < -0.4 is 15.8 Å². The van der Waals surface area contributed by atoms with Crippen LogP contribution in [0.25, 0.3) is 6.08 Å². The van der Waals surface area contributed by atoms with Crippen LogP contribution in [0.1, 0.15) is 65.8 Å². The predicted octanol–water partition coefficient (Wildman–Crippen LogP) is 3.24. The molecule has 0 spiro atoms. The Kier molecular flexibility index (Phi) is 8.74. The Morgan fingerprint density at radius 2 is 1.65 bits per heavy atom. The van der Waals surface area contributed by atoms with Crippen LogP contribution in [0.4, 0.5) is 8.63 Å². The highest BCUT2D eigenvalue weighted by Gasteiger charge is 2.52. The molecule has 2 amide bonds. The first-order valence-corrected chi connectivity index (χ1v) is 14.9. The molecular weight excluding hydrogens is 539 g/mol. The Bertz CT molecular complexity index is 1510. The minimum absolute atomic E-state index is 0.0538. The van der Waals surface area contributed by atoms with Crippen molar-refractivity contribution >= 4 is 40.6 Å². The maximum absolute atomic E-state index is 15.5. The van der Waals surface area contributed by atoms with E-state index < -0.39 is 17.0 Å². The van der Waals surface area contributed by atoms with E-state index in [-0.39, 0.29) is 29.6 Å². The average Bonchev–Trinajstić information content (AvgIpc) is 3.44. The van der Waals surface area contributed by atoms with Gasteiger partial charge in [0, 0.05) is 55.4 Å². The highest BCUT2D eigenvalue weighted by atomic mass is 32.2. The van der Waals surface area contributed by atoms with Gasteiger partial charge in [0.15, 0.2) is 5.70 Å². The number of carbonyl (C=O) groups is 2. The number of nitrogens with one attached hydrogen (secondary N) is 2. The number of aryl methyl sites for hydroxylation is 2. The number of carbonyl (C=O) groups excluding carboxylic acids is 2. The van der Waals surface area contributed by atoms with Gasteiger partial charge in [0.2, 0.25) is 15.9 Å². The number of nitrogens with zero attached hydrogens (tertiary/aromatic N) is 2. The third-order valence-electron chi connectivity index (χ3n) is 7.17. The van der Waals surface area contributed by atoms with Gasteiger partial charge in [-0.25, -0.2) is 13.6 Å². The maximum atomic E-state index is 15.5. The lowest BCUT2D eigenvalue weighted by Crippen LogP contribution is -2.50. The number of unbranched alkanes of at least 4 members (excludes halogenated alkanes) is 3. The molecule has 0 aliphatic carbocycles. The van der Waals surface area contributed by atoms with Crippen molar-refractivity contribution in [1.29, 1.82) is 0 Å². The lowest BCUT2D eigenvalue weighted by atomic mass is 9.90. The third-order valence-corrected chi connectivity index (χ3v) is 8.10. The fourth-order valence-corrected chi connectivity index (χ4v) is 5.67. The summed E-state index contributed by atoms with van der Waals surface area (Å²) in [6, 6.07) is 7.16. The number of fused-ring (bicyclic) bond motifs is 2. The van der Waals surface area contributed by atoms with Crippen LogP contribution in [-0.4, -0.2) is 55.0 Å². The molecule has 1 aromatic carbocycles. The van der Waals surface area contributed by atoms with Crippen LogP contribution in [0.15, 0.2) is 53.1 Å². The maximum Gasteiger partial charge on any atom is 0.737 e. The van der Waals surface area contributed by atoms with E-state index in [4.69, 9.17) is 5.14 Å². The zero-order valence-corrected chi connectivity index (χ0v) is 23.4. The number of nitrogens with two attached hydrogens (primary N) is 1. The molecule has 4 N–H and O–H groups in total. The highest BCUT2D eigenvalue weighted by molar-refractivity contribution is 7.89. The zero-order chi connectivity index (χ0) is 29.1. The number of hydrogen-bond donors (Lipinski definition) is 3. The van der Waals surface area contributed by atoms with E-state index >= 15 is 8.63 Å². The van der Waals surface area contributed by atoms with Crippen LogP contribution in [-0.2, 0) is 14.8 Å². The van der Waals surface area contributed by atoms with Crippen molar-refractivity contribution in [1.82, 2.24) is 15.1 Å². The van der Waals surface area contributed by atoms with Crippen molar-refractivity contribution < 1.29 is 31.1 Å². The molecule has 0 atom stereocenters. The average molecular weight is 573 g/mol. The topological polar surface area (TPSA) is 126 Å². The minimum atomic E-state index is -4.03. The standard InChI is InChI=1S/C27H34BF2N5O4S/c1-19-17-20(2)34-25(19)18-23-10-9-22(35(23)28(34,29)30)11-14-26(36)32-15-5-3-4-6-16-33-27(37)21-7-12-24(13-8-21)40(31,38)39/h7-10,12-13,17-18H,3-6,11,14-16H2,1-2H3,(H,32,36)(H,33,37)(H2,31,38,39). The summed E-state index contributed by atoms with van der Waals surface area (Å²) in [6.45, 7) is 0.438. The first kappa shape index (κ1) is 29.4. The summed E-state index contributed by atoms with van der Waals surface area (Å²) in [5.74, 6) is -0.478. The quantitative estimate of drug-likeness (QED) is 0.266. The van der Waals surface area contributed by atoms with Crippen molar-refractivity contribution in [3.8, 4) is 0 Å². The number of primary sulfonamides is 1. The normalized spacial score (nSPS) is 15.5. The zero-order valence-electron chi connectivity index (χ0n) is 22.6. The van der Waals surface area contributed by atoms with Gasteiger partial charge in [0.25, 0.3) is 5.91 Å². The van der Waals surface area contributed by atoms with Crippen molar-refractivity contribution in [2.24, 2.45) is 5.14 Å². The number of rotatable bonds is 12. The molecule has 0 fully saturated rings. The number of amides is 2. The van der Waals surface area contributed by atoms with Gasteiger partial charge in [0.1, 0.15) is 5.71 Å². The van der Waals surface area contributed by atoms with Crippen molar-refractivity contribution in [3.05, 3.63) is 70.7 Å². The molecular formula is C27H34BF2N5O4S. The molecule has 0 saturated carbocycles. The van der Waals surface area contributed by atoms with Gasteiger partial charge in [-0.2, -0.15) is 0 Å². The Balaban J connectivity index is 1.13. The van der Waals surface area contributed by atoms with E-state index in [1.54, 1.807) is 31.2 Å². The van der Waals surface area contributed by atoms with E-state index in [1.165, 1.54) is 24.3 Å². The van der Waals surface area contributed by atoms with E-state index in [0.717, 1.165) is 40.2 Å². The SMILES string of the molecule is Cc1cc(C)n2c1C=C1C=CC(CCC(=O)NCCCCCCNC(=O)c3ccc(S(N)(=O)=O)cc3)=[N+]1[B-]2(F)F. The Labute approximate surface area is 232 Å². The number of allylic oxidation sites excluding steroid dienone is 2. The monoisotopic (exact) mass is 573 g/mol. The highest BCUT2D eigenvalue weighted by Crippen LogP contribution is 2.34. The molecule has 9 nitrogen and oxygen atoms in total. The van der Waals surface area contributed by atoms with Crippen molar-refractivity contribution in [3.63, 3.8) is 0 Å². The lowest BCUT2D eigenvalue weighted by molar-refractivity contribution is -0.362. The van der Waals surface area contributed by atoms with E-state index in [9.17, 15) is 18.0 Å². The number of benzene rings is 1. The molecule has 1 aromatic heterocycles. The van der Waals surface area contributed by atoms with Gasteiger partial charge < -0.3 is 28.2 Å². The number of aromatic nitrogens is 1. The number of halogens is 2. The van der Waals surface area contributed by atoms with Gasteiger partial charge in [-0.05, 0) is 68.3 Å². The molecule has 0 bridgehead atoms. The number of sulfonamides is 1. The first-order valence-electron chi connectivity index (χ1n) is 13.3. The van der Waals surface area contributed by atoms with Gasteiger partial charge in [0.05, 0.1) is 4.90 Å². The van der Waals surface area contributed by atoms with Crippen LogP contribution in [0, 0.1) is 13.8 Å². The molecule has 2 aromatic rings. The van der Waals surface area contributed by atoms with Crippen LogP contribution in [0.2, 0.25) is 0 Å². The van der Waals surface area contributed by atoms with Crippen molar-refractivity contribution in [2.75, 3.05) is 13.1 Å². The fraction of sp³-hybridized carbons (Fsp3) is 0.370. The van der Waals surface area contributed by atoms with E-state index in [2.05, 4.69) is 10.6 Å². The summed E-state index contributed by atoms with van der Waals surface area (Å²) < 4.78 is 55.7. The smallest absolute Gasteiger partial charge is 0.394 e. The second-order valence-corrected chi connectivity index (χ2v) is 11.7. The van der Waals surface area contributed by atoms with Crippen LogP contribution >= 0.6 is 0 Å².